The number of aryl methyl sites for hydroxylation is 1. The number of ether oxygens (including phenoxy) is 1. The first-order chi connectivity index (χ1) is 13.1. The molecule has 1 atom stereocenters. The Labute approximate surface area is 155 Å². The highest BCUT2D eigenvalue weighted by molar-refractivity contribution is 5.95. The van der Waals surface area contributed by atoms with Crippen molar-refractivity contribution in [1.29, 1.82) is 0 Å². The number of carboxylic acids is 1. The number of aromatic nitrogens is 2. The van der Waals surface area contributed by atoms with Gasteiger partial charge in [-0.3, -0.25) is 4.90 Å². The van der Waals surface area contributed by atoms with Crippen molar-refractivity contribution in [3.05, 3.63) is 59.4 Å². The molecule has 27 heavy (non-hydrogen) atoms. The van der Waals surface area contributed by atoms with Gasteiger partial charge in [-0.2, -0.15) is 4.98 Å². The van der Waals surface area contributed by atoms with E-state index in [4.69, 9.17) is 13.7 Å². The maximum Gasteiger partial charge on any atom is 0.336 e. The summed E-state index contributed by atoms with van der Waals surface area (Å²) in [4.78, 5) is 17.8. The number of nitrogens with zero attached hydrogens (tertiary/aromatic N) is 3. The zero-order chi connectivity index (χ0) is 18.8. The van der Waals surface area contributed by atoms with Gasteiger partial charge in [-0.25, -0.2) is 4.79 Å². The molecule has 1 aliphatic rings. The van der Waals surface area contributed by atoms with Gasteiger partial charge in [0, 0.05) is 18.7 Å². The Kier molecular flexibility index (Phi) is 4.74. The zero-order valence-electron chi connectivity index (χ0n) is 14.8. The molecular weight excluding hydrogens is 350 g/mol. The molecule has 0 unspecified atom stereocenters. The van der Waals surface area contributed by atoms with Gasteiger partial charge in [0.25, 0.3) is 5.89 Å². The van der Waals surface area contributed by atoms with Crippen molar-refractivity contribution in [3.63, 3.8) is 0 Å². The van der Waals surface area contributed by atoms with E-state index in [2.05, 4.69) is 15.0 Å². The predicted octanol–water partition coefficient (Wildman–Crippen LogP) is 2.91. The lowest BCUT2D eigenvalue weighted by Crippen LogP contribution is -2.37. The molecule has 4 rings (SSSR count). The summed E-state index contributed by atoms with van der Waals surface area (Å²) >= 11 is 0. The maximum absolute atomic E-state index is 11.4. The molecule has 0 saturated carbocycles. The van der Waals surface area contributed by atoms with Crippen molar-refractivity contribution in [3.8, 4) is 11.3 Å². The van der Waals surface area contributed by atoms with E-state index in [1.807, 2.05) is 6.07 Å². The van der Waals surface area contributed by atoms with Crippen molar-refractivity contribution in [2.45, 2.75) is 19.6 Å². The van der Waals surface area contributed by atoms with Gasteiger partial charge in [0.15, 0.2) is 5.82 Å². The minimum absolute atomic E-state index is 0.219. The molecule has 3 aromatic rings. The van der Waals surface area contributed by atoms with E-state index in [9.17, 15) is 9.90 Å². The van der Waals surface area contributed by atoms with Crippen LogP contribution in [-0.2, 0) is 11.3 Å². The lowest BCUT2D eigenvalue weighted by atomic mass is 10.1. The average Bonchev–Trinajstić information content (AvgIpc) is 3.31. The van der Waals surface area contributed by atoms with Crippen molar-refractivity contribution in [2.75, 3.05) is 19.7 Å². The Bertz CT molecular complexity index is 948. The van der Waals surface area contributed by atoms with Crippen molar-refractivity contribution in [2.24, 2.45) is 0 Å². The van der Waals surface area contributed by atoms with Crippen LogP contribution in [0.5, 0.6) is 0 Å². The molecule has 1 aromatic carbocycles. The zero-order valence-corrected chi connectivity index (χ0v) is 14.8. The largest absolute Gasteiger partial charge is 0.478 e. The smallest absolute Gasteiger partial charge is 0.336 e. The number of carbonyl (C=O) groups is 1. The second-order valence-electron chi connectivity index (χ2n) is 6.39. The highest BCUT2D eigenvalue weighted by atomic mass is 16.5. The predicted molar refractivity (Wildman–Crippen MR) is 94.1 cm³/mol. The van der Waals surface area contributed by atoms with Crippen molar-refractivity contribution >= 4 is 5.97 Å². The first-order valence-corrected chi connectivity index (χ1v) is 8.66. The minimum Gasteiger partial charge on any atom is -0.478 e. The summed E-state index contributed by atoms with van der Waals surface area (Å²) in [5, 5.41) is 13.2. The number of carboxylic acid groups (broad SMARTS) is 1. The maximum atomic E-state index is 11.4. The standard InChI is InChI=1S/C19H19N3O5/c1-12-20-18(27-21-12)17-11-22(8-9-25-17)10-13-6-7-16(26-13)14-4-2-3-5-15(14)19(23)24/h2-7,17H,8-11H2,1H3,(H,23,24)/t17-/m0/s1. The molecule has 8 nitrogen and oxygen atoms in total. The highest BCUT2D eigenvalue weighted by Gasteiger charge is 2.27. The molecule has 0 radical (unpaired) electrons. The van der Waals surface area contributed by atoms with Gasteiger partial charge in [0.05, 0.1) is 18.7 Å². The second-order valence-corrected chi connectivity index (χ2v) is 6.39. The van der Waals surface area contributed by atoms with E-state index in [0.29, 0.717) is 42.7 Å². The van der Waals surface area contributed by atoms with E-state index in [1.165, 1.54) is 0 Å². The third-order valence-electron chi connectivity index (χ3n) is 4.43. The molecule has 8 heteroatoms. The Morgan fingerprint density at radius 3 is 2.93 bits per heavy atom. The molecule has 0 aliphatic carbocycles. The lowest BCUT2D eigenvalue weighted by Gasteiger charge is -2.30. The molecule has 3 heterocycles. The number of benzene rings is 1. The van der Waals surface area contributed by atoms with Crippen LogP contribution in [0.2, 0.25) is 0 Å². The summed E-state index contributed by atoms with van der Waals surface area (Å²) < 4.78 is 16.8. The third kappa shape index (κ3) is 3.76. The summed E-state index contributed by atoms with van der Waals surface area (Å²) in [7, 11) is 0. The van der Waals surface area contributed by atoms with Gasteiger partial charge >= 0.3 is 5.97 Å². The van der Waals surface area contributed by atoms with Gasteiger partial charge in [-0.1, -0.05) is 23.4 Å². The van der Waals surface area contributed by atoms with Gasteiger partial charge in [0.1, 0.15) is 17.6 Å². The Morgan fingerprint density at radius 1 is 1.30 bits per heavy atom. The number of aromatic carboxylic acids is 1. The number of rotatable bonds is 5. The Morgan fingerprint density at radius 2 is 2.15 bits per heavy atom. The van der Waals surface area contributed by atoms with Crippen LogP contribution in [0.25, 0.3) is 11.3 Å². The molecule has 1 saturated heterocycles. The normalized spacial score (nSPS) is 17.9. The summed E-state index contributed by atoms with van der Waals surface area (Å²) in [6.45, 7) is 4.28. The van der Waals surface area contributed by atoms with Crippen LogP contribution in [0.1, 0.15) is 33.9 Å². The molecule has 0 amide bonds. The lowest BCUT2D eigenvalue weighted by molar-refractivity contribution is -0.0489. The fourth-order valence-electron chi connectivity index (χ4n) is 3.15. The average molecular weight is 369 g/mol. The van der Waals surface area contributed by atoms with Gasteiger partial charge in [-0.15, -0.1) is 0 Å². The SMILES string of the molecule is Cc1noc([C@@H]2CN(Cc3ccc(-c4ccccc4C(=O)O)o3)CCO2)n1. The molecular formula is C19H19N3O5. The van der Waals surface area contributed by atoms with Crippen LogP contribution in [0, 0.1) is 6.92 Å². The summed E-state index contributed by atoms with van der Waals surface area (Å²) in [6, 6.07) is 10.5. The van der Waals surface area contributed by atoms with Crippen LogP contribution >= 0.6 is 0 Å². The van der Waals surface area contributed by atoms with E-state index < -0.39 is 5.97 Å². The van der Waals surface area contributed by atoms with Gasteiger partial charge < -0.3 is 18.8 Å². The fraction of sp³-hybridized carbons (Fsp3) is 0.316. The Balaban J connectivity index is 1.47. The van der Waals surface area contributed by atoms with Gasteiger partial charge in [-0.05, 0) is 25.1 Å². The number of furan rings is 1. The third-order valence-corrected chi connectivity index (χ3v) is 4.43. The molecule has 0 bridgehead atoms. The summed E-state index contributed by atoms with van der Waals surface area (Å²) in [5.41, 5.74) is 0.786. The topological polar surface area (TPSA) is 102 Å². The van der Waals surface area contributed by atoms with Crippen LogP contribution in [-0.4, -0.2) is 45.8 Å². The van der Waals surface area contributed by atoms with E-state index >= 15 is 0 Å². The van der Waals surface area contributed by atoms with E-state index in [-0.39, 0.29) is 11.7 Å². The molecule has 2 aromatic heterocycles. The number of hydrogen-bond donors (Lipinski definition) is 1. The monoisotopic (exact) mass is 369 g/mol. The van der Waals surface area contributed by atoms with Crippen molar-refractivity contribution in [1.82, 2.24) is 15.0 Å². The quantitative estimate of drug-likeness (QED) is 0.732. The summed E-state index contributed by atoms with van der Waals surface area (Å²) in [6.07, 6.45) is -0.262. The summed E-state index contributed by atoms with van der Waals surface area (Å²) in [5.74, 6) is 1.38. The van der Waals surface area contributed by atoms with Crippen LogP contribution in [0.4, 0.5) is 0 Å². The number of hydrogen-bond acceptors (Lipinski definition) is 7. The molecule has 0 spiro atoms. The highest BCUT2D eigenvalue weighted by Crippen LogP contribution is 2.27. The molecule has 1 N–H and O–H groups in total. The first-order valence-electron chi connectivity index (χ1n) is 8.66. The van der Waals surface area contributed by atoms with E-state index in [1.54, 1.807) is 37.3 Å². The molecule has 1 fully saturated rings. The van der Waals surface area contributed by atoms with Crippen molar-refractivity contribution < 1.29 is 23.6 Å². The molecule has 140 valence electrons. The fourth-order valence-corrected chi connectivity index (χ4v) is 3.15. The molecule has 1 aliphatic heterocycles. The van der Waals surface area contributed by atoms with Crippen LogP contribution in [0.15, 0.2) is 45.3 Å². The number of morpholine rings is 1. The Hall–Kier alpha value is -2.97. The van der Waals surface area contributed by atoms with E-state index in [0.717, 1.165) is 12.3 Å². The van der Waals surface area contributed by atoms with Crippen LogP contribution < -0.4 is 0 Å². The van der Waals surface area contributed by atoms with Crippen LogP contribution in [0.3, 0.4) is 0 Å². The first kappa shape index (κ1) is 17.4. The second kappa shape index (κ2) is 7.34. The van der Waals surface area contributed by atoms with Gasteiger partial charge in [0.2, 0.25) is 0 Å². The minimum atomic E-state index is -0.977.